The number of allylic oxidation sites excluding steroid dienone is 4. The van der Waals surface area contributed by atoms with Gasteiger partial charge in [0.2, 0.25) is 0 Å². The second-order valence-electron chi connectivity index (χ2n) is 23.6. The van der Waals surface area contributed by atoms with E-state index < -0.39 is 8.07 Å². The van der Waals surface area contributed by atoms with E-state index >= 15 is 0 Å². The Labute approximate surface area is 377 Å². The van der Waals surface area contributed by atoms with Crippen LogP contribution in [0.1, 0.15) is 185 Å². The Morgan fingerprint density at radius 2 is 0.571 bits per heavy atom. The summed E-state index contributed by atoms with van der Waals surface area (Å²) in [5.41, 5.74) is 10.1. The number of hydrogen-bond acceptors (Lipinski definition) is 0. The normalized spacial score (nSPS) is 14.9. The topological polar surface area (TPSA) is 0 Å². The number of halogens is 3. The monoisotopic (exact) mass is 868 g/mol. The van der Waals surface area contributed by atoms with E-state index in [2.05, 4.69) is 227 Å². The van der Waals surface area contributed by atoms with Gasteiger partial charge in [0.1, 0.15) is 0 Å². The van der Waals surface area contributed by atoms with Crippen molar-refractivity contribution in [2.45, 2.75) is 184 Å². The summed E-state index contributed by atoms with van der Waals surface area (Å²) in [6, 6.07) is 23.6. The largest absolute Gasteiger partial charge is 1.00 e. The van der Waals surface area contributed by atoms with Crippen molar-refractivity contribution in [3.05, 3.63) is 109 Å². The molecule has 0 saturated carbocycles. The molecular formula is C51H75Cl3SiTi. The van der Waals surface area contributed by atoms with Gasteiger partial charge in [0.05, 0.1) is 0 Å². The molecule has 0 fully saturated rings. The Bertz CT molecular complexity index is 1650. The summed E-state index contributed by atoms with van der Waals surface area (Å²) < 4.78 is 1.53. The first-order chi connectivity index (χ1) is 23.6. The molecule has 0 bridgehead atoms. The third-order valence-corrected chi connectivity index (χ3v) is 17.0. The van der Waals surface area contributed by atoms with Crippen LogP contribution in [0.4, 0.5) is 0 Å². The van der Waals surface area contributed by atoms with Crippen LogP contribution in [0.5, 0.6) is 0 Å². The van der Waals surface area contributed by atoms with E-state index in [0.717, 1.165) is 6.42 Å². The van der Waals surface area contributed by atoms with Crippen LogP contribution in [-0.4, -0.2) is 8.07 Å². The van der Waals surface area contributed by atoms with Gasteiger partial charge >= 0.3 is 342 Å². The molecule has 4 rings (SSSR count). The Balaban J connectivity index is 0.00000523. The third kappa shape index (κ3) is 11.0. The van der Waals surface area contributed by atoms with Crippen LogP contribution in [0.2, 0.25) is 0 Å². The van der Waals surface area contributed by atoms with Crippen molar-refractivity contribution in [2.24, 2.45) is 5.41 Å². The molecular weight excluding hydrogens is 795 g/mol. The maximum absolute atomic E-state index is 3.06. The molecule has 0 aliphatic heterocycles. The molecule has 0 N–H and O–H groups in total. The van der Waals surface area contributed by atoms with Gasteiger partial charge in [-0.25, -0.2) is 0 Å². The van der Waals surface area contributed by atoms with Crippen LogP contribution < -0.4 is 52.8 Å². The molecule has 3 aromatic rings. The molecule has 3 aromatic carbocycles. The van der Waals surface area contributed by atoms with E-state index in [1.54, 1.807) is 10.8 Å². The van der Waals surface area contributed by atoms with Crippen molar-refractivity contribution in [3.8, 4) is 0 Å². The molecule has 5 heteroatoms. The molecule has 0 nitrogen and oxygen atoms in total. The summed E-state index contributed by atoms with van der Waals surface area (Å²) in [5, 5.41) is 6.17. The average Bonchev–Trinajstić information content (AvgIpc) is 3.36. The first kappa shape index (κ1) is 53.0. The van der Waals surface area contributed by atoms with Crippen molar-refractivity contribution >= 4 is 23.6 Å². The molecule has 0 spiro atoms. The summed E-state index contributed by atoms with van der Waals surface area (Å²) in [7, 11) is -3.06. The van der Waals surface area contributed by atoms with Crippen LogP contribution in [0, 0.1) is 5.41 Å². The minimum Gasteiger partial charge on any atom is -1.00 e. The zero-order chi connectivity index (χ0) is 40.7. The van der Waals surface area contributed by atoms with Crippen LogP contribution in [0.15, 0.2) is 75.3 Å². The quantitative estimate of drug-likeness (QED) is 0.278. The molecule has 0 heterocycles. The van der Waals surface area contributed by atoms with E-state index in [1.807, 2.05) is 0 Å². The van der Waals surface area contributed by atoms with Gasteiger partial charge < -0.3 is 37.2 Å². The summed E-state index contributed by atoms with van der Waals surface area (Å²) in [4.78, 5) is 0. The maximum Gasteiger partial charge on any atom is -1.00 e. The SMILES string of the molecule is CC(C)(C)C1=[C]([Ti+3])CC=C1[Si](c1cc(C(C)(C)C)cc(C(C)(C)C)c1)(c1cc(C(C)(C)C)cc(C(C)(C)C)c1)c1cc(C(C)(C)C)cc(C(C)(C)C)c1.[Cl-].[Cl-].[Cl-]. The molecule has 0 atom stereocenters. The van der Waals surface area contributed by atoms with Crippen molar-refractivity contribution < 1.29 is 57.7 Å². The van der Waals surface area contributed by atoms with Crippen molar-refractivity contribution in [1.29, 1.82) is 0 Å². The Kier molecular flexibility index (Phi) is 16.2. The van der Waals surface area contributed by atoms with Gasteiger partial charge in [-0.1, -0.05) is 0 Å². The van der Waals surface area contributed by atoms with Crippen LogP contribution >= 0.6 is 0 Å². The maximum atomic E-state index is 2.68. The Morgan fingerprint density at radius 3 is 0.750 bits per heavy atom. The van der Waals surface area contributed by atoms with Crippen LogP contribution in [0.25, 0.3) is 0 Å². The number of benzene rings is 3. The first-order valence-corrected chi connectivity index (χ1v) is 23.0. The number of rotatable bonds is 4. The molecule has 1 aliphatic rings. The van der Waals surface area contributed by atoms with E-state index in [9.17, 15) is 0 Å². The van der Waals surface area contributed by atoms with Crippen molar-refractivity contribution in [3.63, 3.8) is 0 Å². The average molecular weight is 870 g/mol. The minimum absolute atomic E-state index is 0. The Hall–Kier alpha value is -1.06. The van der Waals surface area contributed by atoms with Gasteiger partial charge in [-0.05, 0) is 0 Å². The van der Waals surface area contributed by atoms with Crippen molar-refractivity contribution in [1.82, 2.24) is 0 Å². The first-order valence-electron chi connectivity index (χ1n) is 20.2. The van der Waals surface area contributed by atoms with Crippen molar-refractivity contribution in [2.75, 3.05) is 0 Å². The molecule has 1 aliphatic carbocycles. The smallest absolute Gasteiger partial charge is 1.00 e. The molecule has 0 saturated heterocycles. The zero-order valence-electron chi connectivity index (χ0n) is 39.1. The van der Waals surface area contributed by atoms with Gasteiger partial charge in [-0.2, -0.15) is 0 Å². The summed E-state index contributed by atoms with van der Waals surface area (Å²) in [5.74, 6) is 0. The second kappa shape index (κ2) is 17.1. The zero-order valence-corrected chi connectivity index (χ0v) is 43.9. The second-order valence-corrected chi connectivity index (χ2v) is 28.3. The van der Waals surface area contributed by atoms with Gasteiger partial charge in [-0.15, -0.1) is 0 Å². The van der Waals surface area contributed by atoms with E-state index in [-0.39, 0.29) is 75.1 Å². The third-order valence-electron chi connectivity index (χ3n) is 11.5. The fourth-order valence-electron chi connectivity index (χ4n) is 7.86. The van der Waals surface area contributed by atoms with E-state index in [4.69, 9.17) is 0 Å². The summed E-state index contributed by atoms with van der Waals surface area (Å²) >= 11 is 2.41. The van der Waals surface area contributed by atoms with Gasteiger partial charge in [0.15, 0.2) is 0 Å². The van der Waals surface area contributed by atoms with E-state index in [1.165, 1.54) is 52.8 Å². The molecule has 0 unspecified atom stereocenters. The molecule has 56 heavy (non-hydrogen) atoms. The molecule has 0 radical (unpaired) electrons. The molecule has 0 amide bonds. The molecule has 0 aromatic heterocycles. The van der Waals surface area contributed by atoms with E-state index in [0.29, 0.717) is 0 Å². The fourth-order valence-corrected chi connectivity index (χ4v) is 14.5. The summed E-state index contributed by atoms with van der Waals surface area (Å²) in [6.45, 7) is 50.6. The number of hydrogen-bond donors (Lipinski definition) is 0. The Morgan fingerprint density at radius 1 is 0.357 bits per heavy atom. The predicted octanol–water partition coefficient (Wildman–Crippen LogP) is 3.67. The van der Waals surface area contributed by atoms with Gasteiger partial charge in [0.25, 0.3) is 0 Å². The molecule has 308 valence electrons. The summed E-state index contributed by atoms with van der Waals surface area (Å²) in [6.07, 6.45) is 3.70. The van der Waals surface area contributed by atoms with Crippen LogP contribution in [-0.2, 0) is 52.9 Å². The fraction of sp³-hybridized carbons (Fsp3) is 0.569. The standard InChI is InChI=1S/C51H75Si.3ClH.Ti/c1-45(2,3)34-25-35(46(4,5)6)29-40(28-34)52(44-24-22-23-43(44)51(19,20)21,41-30-36(47(7,8)9)26-37(31-41)48(10,11)12)42-32-38(49(13,14)15)27-39(33-42)50(16,17)18;;;;/h24-33H,22H2,1-21H3;3*1H;/q;;;;+3/p-3. The predicted molar refractivity (Wildman–Crippen MR) is 235 cm³/mol. The van der Waals surface area contributed by atoms with Crippen LogP contribution in [0.3, 0.4) is 0 Å². The van der Waals surface area contributed by atoms with Gasteiger partial charge in [-0.3, -0.25) is 0 Å². The van der Waals surface area contributed by atoms with Gasteiger partial charge in [0, 0.05) is 0 Å². The minimum atomic E-state index is -3.06.